The van der Waals surface area contributed by atoms with Crippen molar-refractivity contribution in [1.29, 1.82) is 0 Å². The number of H-pyrrole nitrogens is 1. The van der Waals surface area contributed by atoms with E-state index in [1.165, 1.54) is 12.8 Å². The van der Waals surface area contributed by atoms with Gasteiger partial charge >= 0.3 is 0 Å². The molecule has 1 fully saturated rings. The van der Waals surface area contributed by atoms with Gasteiger partial charge in [0.15, 0.2) is 0 Å². The zero-order chi connectivity index (χ0) is 13.9. The van der Waals surface area contributed by atoms with Crippen LogP contribution in [0.15, 0.2) is 0 Å². The van der Waals surface area contributed by atoms with Crippen LogP contribution in [0, 0.1) is 19.3 Å². The molecular formula is C14H24N4O. The number of carbonyl (C=O) groups excluding carboxylic acids is 1. The van der Waals surface area contributed by atoms with Crippen molar-refractivity contribution < 1.29 is 4.79 Å². The van der Waals surface area contributed by atoms with Gasteiger partial charge in [-0.15, -0.1) is 0 Å². The summed E-state index contributed by atoms with van der Waals surface area (Å²) >= 11 is 0. The third-order valence-electron chi connectivity index (χ3n) is 4.30. The smallest absolute Gasteiger partial charge is 0.231 e. The van der Waals surface area contributed by atoms with Crippen molar-refractivity contribution in [2.24, 2.45) is 11.1 Å². The van der Waals surface area contributed by atoms with Gasteiger partial charge < -0.3 is 11.1 Å². The van der Waals surface area contributed by atoms with Crippen LogP contribution < -0.4 is 11.1 Å². The lowest BCUT2D eigenvalue weighted by Gasteiger charge is -2.29. The number of hydrogen-bond donors (Lipinski definition) is 3. The SMILES string of the molecule is Cc1n[nH]c(C)c1NC(=O)C1(CN)CCCCCC1. The summed E-state index contributed by atoms with van der Waals surface area (Å²) in [6.07, 6.45) is 6.39. The van der Waals surface area contributed by atoms with E-state index < -0.39 is 5.41 Å². The van der Waals surface area contributed by atoms with Gasteiger partial charge in [-0.3, -0.25) is 9.89 Å². The van der Waals surface area contributed by atoms with E-state index in [0.29, 0.717) is 6.54 Å². The van der Waals surface area contributed by atoms with Crippen LogP contribution in [0.3, 0.4) is 0 Å². The minimum absolute atomic E-state index is 0.0597. The molecule has 1 aromatic rings. The number of aromatic amines is 1. The number of aromatic nitrogens is 2. The number of amides is 1. The second kappa shape index (κ2) is 5.74. The zero-order valence-electron chi connectivity index (χ0n) is 11.9. The molecule has 1 aliphatic rings. The summed E-state index contributed by atoms with van der Waals surface area (Å²) in [4.78, 5) is 12.6. The van der Waals surface area contributed by atoms with Gasteiger partial charge in [-0.25, -0.2) is 0 Å². The van der Waals surface area contributed by atoms with E-state index in [2.05, 4.69) is 15.5 Å². The molecule has 5 heteroatoms. The van der Waals surface area contributed by atoms with E-state index in [1.54, 1.807) is 0 Å². The number of anilines is 1. The molecule has 0 unspecified atom stereocenters. The van der Waals surface area contributed by atoms with Crippen LogP contribution >= 0.6 is 0 Å². The molecule has 2 rings (SSSR count). The Balaban J connectivity index is 2.16. The lowest BCUT2D eigenvalue weighted by atomic mass is 9.79. The molecule has 0 aromatic carbocycles. The van der Waals surface area contributed by atoms with E-state index in [0.717, 1.165) is 42.8 Å². The minimum Gasteiger partial charge on any atom is -0.329 e. The molecule has 4 N–H and O–H groups in total. The Labute approximate surface area is 114 Å². The lowest BCUT2D eigenvalue weighted by molar-refractivity contribution is -0.125. The minimum atomic E-state index is -0.396. The molecule has 0 saturated heterocycles. The summed E-state index contributed by atoms with van der Waals surface area (Å²) in [6, 6.07) is 0. The lowest BCUT2D eigenvalue weighted by Crippen LogP contribution is -2.42. The third kappa shape index (κ3) is 2.81. The van der Waals surface area contributed by atoms with Crippen LogP contribution in [-0.2, 0) is 4.79 Å². The van der Waals surface area contributed by atoms with Gasteiger partial charge in [0.2, 0.25) is 5.91 Å². The largest absolute Gasteiger partial charge is 0.329 e. The first kappa shape index (κ1) is 14.1. The second-order valence-electron chi connectivity index (χ2n) is 5.66. The van der Waals surface area contributed by atoms with Gasteiger partial charge in [-0.1, -0.05) is 25.7 Å². The van der Waals surface area contributed by atoms with Crippen LogP contribution in [0.4, 0.5) is 5.69 Å². The maximum Gasteiger partial charge on any atom is 0.231 e. The highest BCUT2D eigenvalue weighted by molar-refractivity contribution is 5.96. The summed E-state index contributed by atoms with van der Waals surface area (Å²) in [7, 11) is 0. The number of rotatable bonds is 3. The second-order valence-corrected chi connectivity index (χ2v) is 5.66. The maximum absolute atomic E-state index is 12.6. The summed E-state index contributed by atoms with van der Waals surface area (Å²) in [5, 5.41) is 10.0. The Morgan fingerprint density at radius 3 is 2.42 bits per heavy atom. The predicted octanol–water partition coefficient (Wildman–Crippen LogP) is 2.26. The number of nitrogens with zero attached hydrogens (tertiary/aromatic N) is 1. The highest BCUT2D eigenvalue weighted by Crippen LogP contribution is 2.35. The number of nitrogens with two attached hydrogens (primary N) is 1. The summed E-state index contributed by atoms with van der Waals surface area (Å²) < 4.78 is 0. The van der Waals surface area contributed by atoms with Crippen LogP contribution in [0.25, 0.3) is 0 Å². The van der Waals surface area contributed by atoms with Crippen molar-refractivity contribution >= 4 is 11.6 Å². The fraction of sp³-hybridized carbons (Fsp3) is 0.714. The Bertz CT molecular complexity index is 425. The van der Waals surface area contributed by atoms with Crippen LogP contribution in [-0.4, -0.2) is 22.6 Å². The van der Waals surface area contributed by atoms with E-state index in [4.69, 9.17) is 5.73 Å². The molecule has 19 heavy (non-hydrogen) atoms. The Kier molecular flexibility index (Phi) is 4.24. The molecule has 0 atom stereocenters. The molecule has 1 heterocycles. The van der Waals surface area contributed by atoms with Gasteiger partial charge in [0, 0.05) is 6.54 Å². The molecule has 106 valence electrons. The first-order chi connectivity index (χ1) is 9.09. The van der Waals surface area contributed by atoms with Gasteiger partial charge in [-0.2, -0.15) is 5.10 Å². The fourth-order valence-corrected chi connectivity index (χ4v) is 2.91. The van der Waals surface area contributed by atoms with E-state index in [1.807, 2.05) is 13.8 Å². The summed E-state index contributed by atoms with van der Waals surface area (Å²) in [5.74, 6) is 0.0597. The molecule has 1 aliphatic carbocycles. The van der Waals surface area contributed by atoms with Crippen molar-refractivity contribution in [3.63, 3.8) is 0 Å². The van der Waals surface area contributed by atoms with Crippen LogP contribution in [0.2, 0.25) is 0 Å². The average Bonchev–Trinajstić information content (AvgIpc) is 2.63. The highest BCUT2D eigenvalue weighted by Gasteiger charge is 2.37. The first-order valence-electron chi connectivity index (χ1n) is 7.12. The van der Waals surface area contributed by atoms with Gasteiger partial charge in [0.05, 0.1) is 22.5 Å². The standard InChI is InChI=1S/C14H24N4O/c1-10-12(11(2)18-17-10)16-13(19)14(9-15)7-5-3-4-6-8-14/h3-9,15H2,1-2H3,(H,16,19)(H,17,18). The normalized spacial score (nSPS) is 18.9. The molecule has 0 bridgehead atoms. The van der Waals surface area contributed by atoms with Crippen LogP contribution in [0.1, 0.15) is 49.9 Å². The summed E-state index contributed by atoms with van der Waals surface area (Å²) in [5.41, 5.74) is 8.06. The Morgan fingerprint density at radius 2 is 1.95 bits per heavy atom. The predicted molar refractivity (Wildman–Crippen MR) is 75.9 cm³/mol. The third-order valence-corrected chi connectivity index (χ3v) is 4.30. The van der Waals surface area contributed by atoms with Crippen molar-refractivity contribution in [3.05, 3.63) is 11.4 Å². The Hall–Kier alpha value is -1.36. The van der Waals surface area contributed by atoms with Gasteiger partial charge in [-0.05, 0) is 26.7 Å². The van der Waals surface area contributed by atoms with Gasteiger partial charge in [0.25, 0.3) is 0 Å². The van der Waals surface area contributed by atoms with Crippen LogP contribution in [0.5, 0.6) is 0 Å². The monoisotopic (exact) mass is 264 g/mol. The van der Waals surface area contributed by atoms with Gasteiger partial charge in [0.1, 0.15) is 0 Å². The molecular weight excluding hydrogens is 240 g/mol. The molecule has 1 saturated carbocycles. The topological polar surface area (TPSA) is 83.8 Å². The van der Waals surface area contributed by atoms with Crippen molar-refractivity contribution in [2.75, 3.05) is 11.9 Å². The average molecular weight is 264 g/mol. The number of nitrogens with one attached hydrogen (secondary N) is 2. The maximum atomic E-state index is 12.6. The molecule has 0 spiro atoms. The molecule has 1 amide bonds. The molecule has 0 radical (unpaired) electrons. The van der Waals surface area contributed by atoms with Crippen molar-refractivity contribution in [1.82, 2.24) is 10.2 Å². The quantitative estimate of drug-likeness (QED) is 0.732. The molecule has 1 aromatic heterocycles. The first-order valence-corrected chi connectivity index (χ1v) is 7.12. The fourth-order valence-electron chi connectivity index (χ4n) is 2.91. The van der Waals surface area contributed by atoms with E-state index in [-0.39, 0.29) is 5.91 Å². The number of hydrogen-bond acceptors (Lipinski definition) is 3. The highest BCUT2D eigenvalue weighted by atomic mass is 16.2. The molecule has 5 nitrogen and oxygen atoms in total. The van der Waals surface area contributed by atoms with Crippen molar-refractivity contribution in [2.45, 2.75) is 52.4 Å². The molecule has 0 aliphatic heterocycles. The van der Waals surface area contributed by atoms with E-state index in [9.17, 15) is 4.79 Å². The number of carbonyl (C=O) groups is 1. The Morgan fingerprint density at radius 1 is 1.32 bits per heavy atom. The number of aryl methyl sites for hydroxylation is 2. The van der Waals surface area contributed by atoms with E-state index >= 15 is 0 Å². The zero-order valence-corrected chi connectivity index (χ0v) is 11.9. The van der Waals surface area contributed by atoms with Crippen molar-refractivity contribution in [3.8, 4) is 0 Å². The summed E-state index contributed by atoms with van der Waals surface area (Å²) in [6.45, 7) is 4.23.